The number of aromatic nitrogens is 1. The van der Waals surface area contributed by atoms with E-state index in [2.05, 4.69) is 15.6 Å². The van der Waals surface area contributed by atoms with Gasteiger partial charge in [-0.3, -0.25) is 9.78 Å². The van der Waals surface area contributed by atoms with Crippen LogP contribution in [-0.2, 0) is 6.54 Å². The lowest BCUT2D eigenvalue weighted by atomic mass is 9.95. The number of carbonyl (C=O) groups is 1. The van der Waals surface area contributed by atoms with Gasteiger partial charge in [-0.05, 0) is 31.0 Å². The highest BCUT2D eigenvalue weighted by atomic mass is 16.3. The Balaban J connectivity index is 1.58. The van der Waals surface area contributed by atoms with Crippen molar-refractivity contribution in [3.8, 4) is 0 Å². The molecule has 0 unspecified atom stereocenters. The van der Waals surface area contributed by atoms with Gasteiger partial charge in [0, 0.05) is 18.4 Å². The number of carbonyl (C=O) groups excluding carboxylic acids is 1. The van der Waals surface area contributed by atoms with E-state index in [1.807, 2.05) is 12.1 Å². The van der Waals surface area contributed by atoms with Crippen LogP contribution in [0, 0.1) is 0 Å². The molecule has 2 heterocycles. The highest BCUT2D eigenvalue weighted by Gasteiger charge is 2.14. The van der Waals surface area contributed by atoms with E-state index in [1.54, 1.807) is 24.7 Å². The molecule has 5 heteroatoms. The monoisotopic (exact) mass is 299 g/mol. The number of anilines is 1. The smallest absolute Gasteiger partial charge is 0.253 e. The second kappa shape index (κ2) is 7.11. The average molecular weight is 299 g/mol. The van der Waals surface area contributed by atoms with Crippen molar-refractivity contribution in [3.63, 3.8) is 0 Å². The average Bonchev–Trinajstić information content (AvgIpc) is 3.07. The first-order valence-electron chi connectivity index (χ1n) is 7.83. The highest BCUT2D eigenvalue weighted by Crippen LogP contribution is 2.21. The second-order valence-corrected chi connectivity index (χ2v) is 5.70. The SMILES string of the molecule is O=C(NCc1ccco1)c1cncc(NC2CCCCC2)c1. The molecule has 5 nitrogen and oxygen atoms in total. The summed E-state index contributed by atoms with van der Waals surface area (Å²) in [4.78, 5) is 16.3. The fourth-order valence-electron chi connectivity index (χ4n) is 2.81. The van der Waals surface area contributed by atoms with Gasteiger partial charge in [-0.2, -0.15) is 0 Å². The fourth-order valence-corrected chi connectivity index (χ4v) is 2.81. The van der Waals surface area contributed by atoms with Gasteiger partial charge < -0.3 is 15.1 Å². The minimum Gasteiger partial charge on any atom is -0.467 e. The van der Waals surface area contributed by atoms with Crippen molar-refractivity contribution in [2.75, 3.05) is 5.32 Å². The third-order valence-electron chi connectivity index (χ3n) is 3.98. The first kappa shape index (κ1) is 14.6. The van der Waals surface area contributed by atoms with Crippen molar-refractivity contribution in [1.29, 1.82) is 0 Å². The number of amides is 1. The minimum atomic E-state index is -0.142. The van der Waals surface area contributed by atoms with Gasteiger partial charge >= 0.3 is 0 Å². The Morgan fingerprint density at radius 2 is 2.14 bits per heavy atom. The molecule has 1 saturated carbocycles. The van der Waals surface area contributed by atoms with Crippen molar-refractivity contribution in [2.24, 2.45) is 0 Å². The second-order valence-electron chi connectivity index (χ2n) is 5.70. The van der Waals surface area contributed by atoms with Gasteiger partial charge in [0.2, 0.25) is 0 Å². The zero-order valence-electron chi connectivity index (χ0n) is 12.5. The summed E-state index contributed by atoms with van der Waals surface area (Å²) in [5.41, 5.74) is 1.48. The van der Waals surface area contributed by atoms with Gasteiger partial charge in [-0.25, -0.2) is 0 Å². The van der Waals surface area contributed by atoms with Crippen molar-refractivity contribution < 1.29 is 9.21 Å². The van der Waals surface area contributed by atoms with E-state index in [1.165, 1.54) is 32.1 Å². The first-order chi connectivity index (χ1) is 10.8. The summed E-state index contributed by atoms with van der Waals surface area (Å²) in [6.45, 7) is 0.381. The normalized spacial score (nSPS) is 15.5. The summed E-state index contributed by atoms with van der Waals surface area (Å²) in [7, 11) is 0. The number of pyridine rings is 1. The van der Waals surface area contributed by atoms with E-state index >= 15 is 0 Å². The number of hydrogen-bond donors (Lipinski definition) is 2. The predicted molar refractivity (Wildman–Crippen MR) is 84.6 cm³/mol. The third kappa shape index (κ3) is 3.87. The van der Waals surface area contributed by atoms with Crippen LogP contribution in [0.5, 0.6) is 0 Å². The van der Waals surface area contributed by atoms with Gasteiger partial charge in [0.05, 0.1) is 24.1 Å². The Hall–Kier alpha value is -2.30. The molecule has 0 saturated heterocycles. The Morgan fingerprint density at radius 1 is 1.27 bits per heavy atom. The maximum Gasteiger partial charge on any atom is 0.253 e. The molecule has 3 rings (SSSR count). The summed E-state index contributed by atoms with van der Waals surface area (Å²) in [6, 6.07) is 5.99. The fraction of sp³-hybridized carbons (Fsp3) is 0.412. The number of furan rings is 1. The molecular weight excluding hydrogens is 278 g/mol. The Bertz CT molecular complexity index is 604. The van der Waals surface area contributed by atoms with Gasteiger partial charge in [0.1, 0.15) is 5.76 Å². The lowest BCUT2D eigenvalue weighted by Gasteiger charge is -2.23. The van der Waals surface area contributed by atoms with Crippen LogP contribution in [0.15, 0.2) is 41.3 Å². The number of hydrogen-bond acceptors (Lipinski definition) is 4. The number of nitrogens with zero attached hydrogens (tertiary/aromatic N) is 1. The van der Waals surface area contributed by atoms with Crippen molar-refractivity contribution in [1.82, 2.24) is 10.3 Å². The third-order valence-corrected chi connectivity index (χ3v) is 3.98. The Labute approximate surface area is 130 Å². The molecule has 0 bridgehead atoms. The molecule has 2 aromatic heterocycles. The summed E-state index contributed by atoms with van der Waals surface area (Å²) in [5.74, 6) is 0.592. The molecular formula is C17H21N3O2. The Morgan fingerprint density at radius 3 is 2.91 bits per heavy atom. The van der Waals surface area contributed by atoms with Crippen LogP contribution >= 0.6 is 0 Å². The van der Waals surface area contributed by atoms with Crippen molar-refractivity contribution in [2.45, 2.75) is 44.7 Å². The van der Waals surface area contributed by atoms with Crippen LogP contribution in [0.25, 0.3) is 0 Å². The zero-order valence-corrected chi connectivity index (χ0v) is 12.5. The van der Waals surface area contributed by atoms with Crippen LogP contribution in [0.3, 0.4) is 0 Å². The van der Waals surface area contributed by atoms with Crippen LogP contribution in [-0.4, -0.2) is 16.9 Å². The molecule has 0 radical (unpaired) electrons. The van der Waals surface area contributed by atoms with E-state index in [0.717, 1.165) is 11.4 Å². The molecule has 2 aromatic rings. The first-order valence-corrected chi connectivity index (χ1v) is 7.83. The van der Waals surface area contributed by atoms with E-state index in [-0.39, 0.29) is 5.91 Å². The molecule has 0 aliphatic heterocycles. The molecule has 0 atom stereocenters. The summed E-state index contributed by atoms with van der Waals surface area (Å²) in [6.07, 6.45) is 11.2. The summed E-state index contributed by atoms with van der Waals surface area (Å²) in [5, 5.41) is 6.32. The zero-order chi connectivity index (χ0) is 15.2. The van der Waals surface area contributed by atoms with E-state index in [4.69, 9.17) is 4.42 Å². The molecule has 1 aliphatic rings. The quantitative estimate of drug-likeness (QED) is 0.888. The lowest BCUT2D eigenvalue weighted by molar-refractivity contribution is 0.0947. The summed E-state index contributed by atoms with van der Waals surface area (Å²) < 4.78 is 5.20. The van der Waals surface area contributed by atoms with Crippen molar-refractivity contribution in [3.05, 3.63) is 48.2 Å². The van der Waals surface area contributed by atoms with Gasteiger partial charge in [0.25, 0.3) is 5.91 Å². The van der Waals surface area contributed by atoms with Gasteiger partial charge in [-0.1, -0.05) is 19.3 Å². The lowest BCUT2D eigenvalue weighted by Crippen LogP contribution is -2.24. The van der Waals surface area contributed by atoms with E-state index in [9.17, 15) is 4.79 Å². The van der Waals surface area contributed by atoms with Gasteiger partial charge in [0.15, 0.2) is 0 Å². The van der Waals surface area contributed by atoms with Crippen LogP contribution in [0.1, 0.15) is 48.2 Å². The molecule has 0 spiro atoms. The maximum atomic E-state index is 12.2. The maximum absolute atomic E-state index is 12.2. The predicted octanol–water partition coefficient (Wildman–Crippen LogP) is 3.35. The van der Waals surface area contributed by atoms with Crippen LogP contribution in [0.4, 0.5) is 5.69 Å². The largest absolute Gasteiger partial charge is 0.467 e. The standard InChI is InChI=1S/C17H21N3O2/c21-17(19-12-16-7-4-8-22-16)13-9-15(11-18-10-13)20-14-5-2-1-3-6-14/h4,7-11,14,20H,1-3,5-6,12H2,(H,19,21). The van der Waals surface area contributed by atoms with E-state index < -0.39 is 0 Å². The summed E-state index contributed by atoms with van der Waals surface area (Å²) >= 11 is 0. The molecule has 0 aromatic carbocycles. The Kier molecular flexibility index (Phi) is 4.73. The number of rotatable bonds is 5. The molecule has 1 fully saturated rings. The number of nitrogens with one attached hydrogen (secondary N) is 2. The molecule has 2 N–H and O–H groups in total. The topological polar surface area (TPSA) is 67.2 Å². The minimum absolute atomic E-state index is 0.142. The van der Waals surface area contributed by atoms with Crippen LogP contribution < -0.4 is 10.6 Å². The van der Waals surface area contributed by atoms with Crippen LogP contribution in [0.2, 0.25) is 0 Å². The molecule has 116 valence electrons. The molecule has 22 heavy (non-hydrogen) atoms. The van der Waals surface area contributed by atoms with E-state index in [0.29, 0.717) is 18.2 Å². The molecule has 1 amide bonds. The highest BCUT2D eigenvalue weighted by molar-refractivity contribution is 5.94. The van der Waals surface area contributed by atoms with Gasteiger partial charge in [-0.15, -0.1) is 0 Å². The molecule has 1 aliphatic carbocycles. The van der Waals surface area contributed by atoms with Crippen molar-refractivity contribution >= 4 is 11.6 Å².